The van der Waals surface area contributed by atoms with Gasteiger partial charge in [0.25, 0.3) is 5.56 Å². The molecule has 1 saturated heterocycles. The molecule has 2 heterocycles. The Morgan fingerprint density at radius 1 is 1.53 bits per heavy atom. The number of hydrogen-bond donors (Lipinski definition) is 2. The lowest BCUT2D eigenvalue weighted by Gasteiger charge is -2.41. The third kappa shape index (κ3) is 3.46. The number of hydrogen-bond acceptors (Lipinski definition) is 5. The van der Waals surface area contributed by atoms with Crippen molar-refractivity contribution >= 4 is 17.3 Å². The van der Waals surface area contributed by atoms with E-state index in [4.69, 9.17) is 16.3 Å². The summed E-state index contributed by atoms with van der Waals surface area (Å²) in [5.41, 5.74) is 0.137. The molecule has 0 spiro atoms. The van der Waals surface area contributed by atoms with Crippen molar-refractivity contribution in [3.8, 4) is 0 Å². The average Bonchev–Trinajstić information content (AvgIpc) is 2.41. The van der Waals surface area contributed by atoms with Crippen LogP contribution in [0.5, 0.6) is 0 Å². The summed E-state index contributed by atoms with van der Waals surface area (Å²) in [5.74, 6) is 0. The highest BCUT2D eigenvalue weighted by Crippen LogP contribution is 2.20. The van der Waals surface area contributed by atoms with Crippen molar-refractivity contribution in [3.63, 3.8) is 0 Å². The first-order valence-corrected chi connectivity index (χ1v) is 6.68. The SMILES string of the molecule is CC(C)(CNc1cn[nH]c(=O)c1Cl)N1CCOCC1. The smallest absolute Gasteiger partial charge is 0.285 e. The Balaban J connectivity index is 2.00. The van der Waals surface area contributed by atoms with Crippen LogP contribution in [0.15, 0.2) is 11.0 Å². The molecule has 0 amide bonds. The number of H-pyrrole nitrogens is 1. The van der Waals surface area contributed by atoms with Crippen LogP contribution in [0.25, 0.3) is 0 Å². The van der Waals surface area contributed by atoms with Gasteiger partial charge in [0.05, 0.1) is 25.1 Å². The van der Waals surface area contributed by atoms with E-state index >= 15 is 0 Å². The molecule has 106 valence electrons. The highest BCUT2D eigenvalue weighted by atomic mass is 35.5. The van der Waals surface area contributed by atoms with E-state index in [1.54, 1.807) is 0 Å². The van der Waals surface area contributed by atoms with Crippen LogP contribution in [0.4, 0.5) is 5.69 Å². The van der Waals surface area contributed by atoms with Crippen molar-refractivity contribution in [2.75, 3.05) is 38.2 Å². The second-order valence-corrected chi connectivity index (χ2v) is 5.57. The summed E-state index contributed by atoms with van der Waals surface area (Å²) in [7, 11) is 0. The number of ether oxygens (including phenoxy) is 1. The van der Waals surface area contributed by atoms with Crippen LogP contribution in [0.3, 0.4) is 0 Å². The molecule has 7 heteroatoms. The van der Waals surface area contributed by atoms with E-state index in [0.29, 0.717) is 12.2 Å². The highest BCUT2D eigenvalue weighted by molar-refractivity contribution is 6.32. The normalized spacial score (nSPS) is 17.4. The molecule has 0 atom stereocenters. The number of nitrogens with zero attached hydrogens (tertiary/aromatic N) is 2. The molecule has 2 rings (SSSR count). The van der Waals surface area contributed by atoms with E-state index in [9.17, 15) is 4.79 Å². The van der Waals surface area contributed by atoms with E-state index in [1.165, 1.54) is 6.20 Å². The van der Waals surface area contributed by atoms with Crippen molar-refractivity contribution < 1.29 is 4.74 Å². The van der Waals surface area contributed by atoms with Gasteiger partial charge >= 0.3 is 0 Å². The van der Waals surface area contributed by atoms with Crippen molar-refractivity contribution in [1.29, 1.82) is 0 Å². The first kappa shape index (κ1) is 14.3. The quantitative estimate of drug-likeness (QED) is 0.862. The minimum Gasteiger partial charge on any atom is -0.381 e. The van der Waals surface area contributed by atoms with Crippen LogP contribution >= 0.6 is 11.6 Å². The number of halogens is 1. The third-order valence-electron chi connectivity index (χ3n) is 3.37. The number of rotatable bonds is 4. The standard InChI is InChI=1S/C12H19ClN4O2/c1-12(2,17-3-5-19-6-4-17)8-14-9-7-15-16-11(18)10(9)13/h7H,3-6,8H2,1-2H3,(H2,14,16,18). The largest absolute Gasteiger partial charge is 0.381 e. The predicted molar refractivity (Wildman–Crippen MR) is 74.8 cm³/mol. The molecule has 1 aromatic heterocycles. The van der Waals surface area contributed by atoms with Gasteiger partial charge in [0.1, 0.15) is 5.02 Å². The Labute approximate surface area is 117 Å². The van der Waals surface area contributed by atoms with Crippen LogP contribution in [0, 0.1) is 0 Å². The summed E-state index contributed by atoms with van der Waals surface area (Å²) in [6.07, 6.45) is 1.53. The predicted octanol–water partition coefficient (Wildman–Crippen LogP) is 0.946. The van der Waals surface area contributed by atoms with Gasteiger partial charge in [0, 0.05) is 25.2 Å². The molecule has 19 heavy (non-hydrogen) atoms. The molecule has 2 N–H and O–H groups in total. The second-order valence-electron chi connectivity index (χ2n) is 5.19. The third-order valence-corrected chi connectivity index (χ3v) is 3.75. The minimum atomic E-state index is -0.379. The van der Waals surface area contributed by atoms with Crippen LogP contribution in [-0.4, -0.2) is 53.5 Å². The summed E-state index contributed by atoms with van der Waals surface area (Å²) >= 11 is 5.93. The maximum absolute atomic E-state index is 11.3. The van der Waals surface area contributed by atoms with Crippen LogP contribution in [0.2, 0.25) is 5.02 Å². The summed E-state index contributed by atoms with van der Waals surface area (Å²) < 4.78 is 5.35. The lowest BCUT2D eigenvalue weighted by Crippen LogP contribution is -2.53. The zero-order chi connectivity index (χ0) is 13.9. The molecule has 1 aliphatic heterocycles. The van der Waals surface area contributed by atoms with Crippen molar-refractivity contribution in [3.05, 3.63) is 21.6 Å². The van der Waals surface area contributed by atoms with Crippen LogP contribution in [0.1, 0.15) is 13.8 Å². The fourth-order valence-electron chi connectivity index (χ4n) is 2.10. The molecule has 6 nitrogen and oxygen atoms in total. The van der Waals surface area contributed by atoms with E-state index in [1.807, 2.05) is 0 Å². The number of anilines is 1. The minimum absolute atomic E-state index is 0.0459. The van der Waals surface area contributed by atoms with Gasteiger partial charge < -0.3 is 10.1 Å². The topological polar surface area (TPSA) is 70.2 Å². The fraction of sp³-hybridized carbons (Fsp3) is 0.667. The van der Waals surface area contributed by atoms with Crippen molar-refractivity contribution in [2.45, 2.75) is 19.4 Å². The molecule has 1 aliphatic rings. The maximum Gasteiger partial charge on any atom is 0.285 e. The summed E-state index contributed by atoms with van der Waals surface area (Å²) in [4.78, 5) is 13.7. The second kappa shape index (κ2) is 5.90. The summed E-state index contributed by atoms with van der Waals surface area (Å²) in [6, 6.07) is 0. The Kier molecular flexibility index (Phi) is 4.44. The van der Waals surface area contributed by atoms with Crippen LogP contribution in [-0.2, 0) is 4.74 Å². The molecular formula is C12H19ClN4O2. The number of aromatic nitrogens is 2. The lowest BCUT2D eigenvalue weighted by molar-refractivity contribution is -0.00568. The summed E-state index contributed by atoms with van der Waals surface area (Å²) in [6.45, 7) is 8.33. The molecule has 0 radical (unpaired) electrons. The number of nitrogens with one attached hydrogen (secondary N) is 2. The maximum atomic E-state index is 11.3. The van der Waals surface area contributed by atoms with Gasteiger partial charge in [0.2, 0.25) is 0 Å². The molecule has 0 saturated carbocycles. The van der Waals surface area contributed by atoms with Gasteiger partial charge in [-0.05, 0) is 13.8 Å². The molecule has 0 unspecified atom stereocenters. The van der Waals surface area contributed by atoms with E-state index in [-0.39, 0.29) is 16.1 Å². The van der Waals surface area contributed by atoms with E-state index < -0.39 is 0 Å². The Morgan fingerprint density at radius 3 is 2.89 bits per heavy atom. The fourth-order valence-corrected chi connectivity index (χ4v) is 2.26. The van der Waals surface area contributed by atoms with Gasteiger partial charge in [0.15, 0.2) is 0 Å². The molecule has 1 aromatic rings. The zero-order valence-corrected chi connectivity index (χ0v) is 12.0. The number of aromatic amines is 1. The first-order chi connectivity index (χ1) is 9.00. The Bertz CT molecular complexity index is 483. The molecular weight excluding hydrogens is 268 g/mol. The monoisotopic (exact) mass is 286 g/mol. The lowest BCUT2D eigenvalue weighted by atomic mass is 10.0. The zero-order valence-electron chi connectivity index (χ0n) is 11.2. The van der Waals surface area contributed by atoms with Crippen molar-refractivity contribution in [2.24, 2.45) is 0 Å². The summed E-state index contributed by atoms with van der Waals surface area (Å²) in [5, 5.41) is 9.38. The molecule has 1 fully saturated rings. The average molecular weight is 287 g/mol. The van der Waals surface area contributed by atoms with Gasteiger partial charge in [-0.2, -0.15) is 5.10 Å². The van der Waals surface area contributed by atoms with Gasteiger partial charge in [-0.1, -0.05) is 11.6 Å². The van der Waals surface area contributed by atoms with Gasteiger partial charge in [-0.3, -0.25) is 9.69 Å². The first-order valence-electron chi connectivity index (χ1n) is 6.30. The molecule has 0 bridgehead atoms. The Morgan fingerprint density at radius 2 is 2.21 bits per heavy atom. The highest BCUT2D eigenvalue weighted by Gasteiger charge is 2.28. The van der Waals surface area contributed by atoms with Gasteiger partial charge in [-0.15, -0.1) is 0 Å². The Hall–Kier alpha value is -1.11. The number of morpholine rings is 1. The van der Waals surface area contributed by atoms with Crippen molar-refractivity contribution in [1.82, 2.24) is 15.1 Å². The van der Waals surface area contributed by atoms with Gasteiger partial charge in [-0.25, -0.2) is 5.10 Å². The van der Waals surface area contributed by atoms with E-state index in [0.717, 1.165) is 26.3 Å². The molecule has 0 aromatic carbocycles. The van der Waals surface area contributed by atoms with Crippen LogP contribution < -0.4 is 10.9 Å². The van der Waals surface area contributed by atoms with E-state index in [2.05, 4.69) is 34.3 Å². The molecule has 0 aliphatic carbocycles.